The fourth-order valence-corrected chi connectivity index (χ4v) is 3.67. The Hall–Kier alpha value is -3.15. The fourth-order valence-electron chi connectivity index (χ4n) is 3.67. The summed E-state index contributed by atoms with van der Waals surface area (Å²) < 4.78 is 13.6. The monoisotopic (exact) mass is 351 g/mol. The average molecular weight is 351 g/mol. The van der Waals surface area contributed by atoms with Gasteiger partial charge in [-0.1, -0.05) is 6.07 Å². The third kappa shape index (κ3) is 2.73. The second-order valence-electron chi connectivity index (χ2n) is 6.64. The molecule has 1 aliphatic rings. The van der Waals surface area contributed by atoms with Gasteiger partial charge in [0.05, 0.1) is 0 Å². The summed E-state index contributed by atoms with van der Waals surface area (Å²) >= 11 is 0. The molecule has 2 aromatic carbocycles. The number of carbonyl (C=O) groups excluding carboxylic acids is 2. The first-order chi connectivity index (χ1) is 12.4. The number of fused-ring (bicyclic) bond motifs is 2. The Morgan fingerprint density at radius 2 is 2.04 bits per heavy atom. The molecule has 1 aliphatic heterocycles. The zero-order valence-corrected chi connectivity index (χ0v) is 14.4. The maximum Gasteiger partial charge on any atom is 0.225 e. The number of aromatic amines is 1. The molecule has 5 nitrogen and oxygen atoms in total. The van der Waals surface area contributed by atoms with E-state index in [1.165, 1.54) is 19.1 Å². The van der Waals surface area contributed by atoms with E-state index in [0.717, 1.165) is 27.7 Å². The van der Waals surface area contributed by atoms with Crippen LogP contribution in [0.5, 0.6) is 0 Å². The van der Waals surface area contributed by atoms with Gasteiger partial charge in [-0.25, -0.2) is 4.39 Å². The molecular formula is C20H18FN3O2. The van der Waals surface area contributed by atoms with E-state index in [9.17, 15) is 14.0 Å². The van der Waals surface area contributed by atoms with Crippen molar-refractivity contribution >= 4 is 34.1 Å². The molecule has 4 rings (SSSR count). The molecule has 0 spiro atoms. The van der Waals surface area contributed by atoms with Gasteiger partial charge in [0, 0.05) is 47.2 Å². The van der Waals surface area contributed by atoms with Gasteiger partial charge in [0.2, 0.25) is 11.8 Å². The van der Waals surface area contributed by atoms with Gasteiger partial charge in [0.15, 0.2) is 0 Å². The third-order valence-electron chi connectivity index (χ3n) is 4.82. The van der Waals surface area contributed by atoms with Crippen LogP contribution in [0, 0.1) is 12.7 Å². The molecular weight excluding hydrogens is 333 g/mol. The summed E-state index contributed by atoms with van der Waals surface area (Å²) in [6.07, 6.45) is 0.308. The predicted octanol–water partition coefficient (Wildman–Crippen LogP) is 4.05. The molecule has 0 fully saturated rings. The molecule has 26 heavy (non-hydrogen) atoms. The quantitative estimate of drug-likeness (QED) is 0.652. The molecule has 0 aliphatic carbocycles. The molecule has 2 heterocycles. The number of nitrogens with one attached hydrogen (secondary N) is 3. The maximum absolute atomic E-state index is 13.6. The number of carbonyl (C=O) groups is 2. The van der Waals surface area contributed by atoms with Crippen molar-refractivity contribution in [2.45, 2.75) is 26.2 Å². The molecule has 1 aromatic heterocycles. The molecule has 1 atom stereocenters. The van der Waals surface area contributed by atoms with Crippen molar-refractivity contribution in [1.82, 2.24) is 4.98 Å². The van der Waals surface area contributed by atoms with Crippen LogP contribution in [-0.4, -0.2) is 16.8 Å². The number of hydrogen-bond donors (Lipinski definition) is 3. The lowest BCUT2D eigenvalue weighted by Gasteiger charge is -2.26. The van der Waals surface area contributed by atoms with Crippen LogP contribution in [0.25, 0.3) is 10.9 Å². The fraction of sp³-hybridized carbons (Fsp3) is 0.200. The molecule has 6 heteroatoms. The van der Waals surface area contributed by atoms with Crippen LogP contribution >= 0.6 is 0 Å². The van der Waals surface area contributed by atoms with Crippen LogP contribution < -0.4 is 10.6 Å². The Kier molecular flexibility index (Phi) is 3.76. The van der Waals surface area contributed by atoms with Gasteiger partial charge < -0.3 is 15.6 Å². The van der Waals surface area contributed by atoms with E-state index in [1.807, 2.05) is 19.1 Å². The lowest BCUT2D eigenvalue weighted by molar-refractivity contribution is -0.116. The van der Waals surface area contributed by atoms with Crippen molar-refractivity contribution in [1.29, 1.82) is 0 Å². The zero-order chi connectivity index (χ0) is 18.4. The van der Waals surface area contributed by atoms with Gasteiger partial charge in [-0.15, -0.1) is 0 Å². The van der Waals surface area contributed by atoms with Gasteiger partial charge in [0.25, 0.3) is 0 Å². The normalized spacial score (nSPS) is 16.3. The van der Waals surface area contributed by atoms with E-state index in [-0.39, 0.29) is 23.5 Å². The number of amides is 2. The summed E-state index contributed by atoms with van der Waals surface area (Å²) in [6, 6.07) is 10.1. The molecule has 0 saturated carbocycles. The summed E-state index contributed by atoms with van der Waals surface area (Å²) in [4.78, 5) is 26.9. The molecule has 132 valence electrons. The second-order valence-corrected chi connectivity index (χ2v) is 6.64. The minimum atomic E-state index is -0.284. The zero-order valence-electron chi connectivity index (χ0n) is 14.4. The van der Waals surface area contributed by atoms with Crippen LogP contribution in [0.2, 0.25) is 0 Å². The Labute approximate surface area is 149 Å². The molecule has 1 unspecified atom stereocenters. The first-order valence-corrected chi connectivity index (χ1v) is 8.41. The molecule has 3 N–H and O–H groups in total. The molecule has 0 radical (unpaired) electrons. The SMILES string of the molecule is CC(=O)Nc1ccc2c(c1)NC(=O)CC2c1[nH]c2ccc(F)cc2c1C. The maximum atomic E-state index is 13.6. The topological polar surface area (TPSA) is 74.0 Å². The lowest BCUT2D eigenvalue weighted by Crippen LogP contribution is -2.24. The largest absolute Gasteiger partial charge is 0.358 e. The van der Waals surface area contributed by atoms with E-state index in [0.29, 0.717) is 17.8 Å². The summed E-state index contributed by atoms with van der Waals surface area (Å²) in [6.45, 7) is 3.37. The Morgan fingerprint density at radius 1 is 1.23 bits per heavy atom. The van der Waals surface area contributed by atoms with Crippen LogP contribution in [-0.2, 0) is 9.59 Å². The Bertz CT molecular complexity index is 1050. The molecule has 0 bridgehead atoms. The van der Waals surface area contributed by atoms with Crippen molar-refractivity contribution < 1.29 is 14.0 Å². The van der Waals surface area contributed by atoms with Crippen molar-refractivity contribution in [2.75, 3.05) is 10.6 Å². The highest BCUT2D eigenvalue weighted by atomic mass is 19.1. The van der Waals surface area contributed by atoms with Gasteiger partial charge in [-0.2, -0.15) is 0 Å². The summed E-state index contributed by atoms with van der Waals surface area (Å²) in [5, 5.41) is 6.42. The minimum Gasteiger partial charge on any atom is -0.358 e. The van der Waals surface area contributed by atoms with Crippen LogP contribution in [0.15, 0.2) is 36.4 Å². The van der Waals surface area contributed by atoms with Crippen molar-refractivity contribution in [3.63, 3.8) is 0 Å². The number of H-pyrrole nitrogens is 1. The summed E-state index contributed by atoms with van der Waals surface area (Å²) in [5.41, 5.74) is 4.98. The van der Waals surface area contributed by atoms with Crippen LogP contribution in [0.1, 0.15) is 36.1 Å². The van der Waals surface area contributed by atoms with E-state index in [1.54, 1.807) is 12.1 Å². The average Bonchev–Trinajstić information content (AvgIpc) is 2.89. The molecule has 0 saturated heterocycles. The summed E-state index contributed by atoms with van der Waals surface area (Å²) in [5.74, 6) is -0.697. The van der Waals surface area contributed by atoms with Gasteiger partial charge >= 0.3 is 0 Å². The number of aromatic nitrogens is 1. The lowest BCUT2D eigenvalue weighted by atomic mass is 9.86. The van der Waals surface area contributed by atoms with Gasteiger partial charge in [-0.05, 0) is 48.4 Å². The summed E-state index contributed by atoms with van der Waals surface area (Å²) in [7, 11) is 0. The third-order valence-corrected chi connectivity index (χ3v) is 4.82. The molecule has 2 amide bonds. The first kappa shape index (κ1) is 16.3. The van der Waals surface area contributed by atoms with Crippen LogP contribution in [0.4, 0.5) is 15.8 Å². The van der Waals surface area contributed by atoms with E-state index < -0.39 is 0 Å². The van der Waals surface area contributed by atoms with Crippen LogP contribution in [0.3, 0.4) is 0 Å². The highest BCUT2D eigenvalue weighted by Crippen LogP contribution is 2.40. The van der Waals surface area contributed by atoms with Crippen molar-refractivity contribution in [3.05, 3.63) is 59.0 Å². The smallest absolute Gasteiger partial charge is 0.225 e. The van der Waals surface area contributed by atoms with Crippen molar-refractivity contribution in [3.8, 4) is 0 Å². The molecule has 3 aromatic rings. The number of aryl methyl sites for hydroxylation is 1. The first-order valence-electron chi connectivity index (χ1n) is 8.41. The highest BCUT2D eigenvalue weighted by Gasteiger charge is 2.29. The Morgan fingerprint density at radius 3 is 2.81 bits per heavy atom. The number of halogens is 1. The van der Waals surface area contributed by atoms with E-state index >= 15 is 0 Å². The van der Waals surface area contributed by atoms with E-state index in [4.69, 9.17) is 0 Å². The van der Waals surface area contributed by atoms with Gasteiger partial charge in [0.1, 0.15) is 5.82 Å². The Balaban J connectivity index is 1.82. The number of anilines is 2. The van der Waals surface area contributed by atoms with Crippen molar-refractivity contribution in [2.24, 2.45) is 0 Å². The number of hydrogen-bond acceptors (Lipinski definition) is 2. The van der Waals surface area contributed by atoms with Gasteiger partial charge in [-0.3, -0.25) is 9.59 Å². The minimum absolute atomic E-state index is 0.0910. The highest BCUT2D eigenvalue weighted by molar-refractivity contribution is 5.97. The number of rotatable bonds is 2. The van der Waals surface area contributed by atoms with E-state index in [2.05, 4.69) is 15.6 Å². The standard InChI is InChI=1S/C20H18FN3O2/c1-10-15-7-12(21)3-6-17(15)24-20(10)16-9-19(26)23-18-8-13(22-11(2)25)4-5-14(16)18/h3-8,16,24H,9H2,1-2H3,(H,22,25)(H,23,26). The second kappa shape index (κ2) is 5.98. The number of benzene rings is 2. The predicted molar refractivity (Wildman–Crippen MR) is 98.8 cm³/mol.